The van der Waals surface area contributed by atoms with Crippen LogP contribution in [0.2, 0.25) is 0 Å². The third-order valence-corrected chi connectivity index (χ3v) is 3.54. The first-order valence-electron chi connectivity index (χ1n) is 6.87. The van der Waals surface area contributed by atoms with Crippen molar-refractivity contribution in [3.8, 4) is 5.75 Å². The number of methoxy groups -OCH3 is 1. The number of carbonyl (C=O) groups is 2. The van der Waals surface area contributed by atoms with Crippen molar-refractivity contribution >= 4 is 11.7 Å². The lowest BCUT2D eigenvalue weighted by molar-refractivity contribution is -0.131. The van der Waals surface area contributed by atoms with Crippen LogP contribution in [0.25, 0.3) is 0 Å². The molecule has 1 saturated heterocycles. The smallest absolute Gasteiger partial charge is 0.239 e. The molecule has 0 aliphatic carbocycles. The Morgan fingerprint density at radius 3 is 2.90 bits per heavy atom. The first kappa shape index (κ1) is 15.5. The van der Waals surface area contributed by atoms with Gasteiger partial charge in [0.25, 0.3) is 0 Å². The van der Waals surface area contributed by atoms with E-state index in [1.807, 2.05) is 11.0 Å². The number of ether oxygens (including phenoxy) is 2. The van der Waals surface area contributed by atoms with E-state index in [4.69, 9.17) is 9.47 Å². The zero-order valence-corrected chi connectivity index (χ0v) is 12.3. The molecular formula is C15H20N2O4. The van der Waals surface area contributed by atoms with Gasteiger partial charge in [0.05, 0.1) is 32.4 Å². The second-order valence-corrected chi connectivity index (χ2v) is 4.80. The normalized spacial score (nSPS) is 19.0. The molecule has 21 heavy (non-hydrogen) atoms. The van der Waals surface area contributed by atoms with Gasteiger partial charge < -0.3 is 14.8 Å². The second kappa shape index (κ2) is 7.19. The maximum absolute atomic E-state index is 12.5. The number of carbonyl (C=O) groups excluding carboxylic acids is 2. The predicted octanol–water partition coefficient (Wildman–Crippen LogP) is 0.325. The molecule has 1 unspecified atom stereocenters. The number of amides is 1. The fourth-order valence-electron chi connectivity index (χ4n) is 2.38. The van der Waals surface area contributed by atoms with Crippen LogP contribution in [0.15, 0.2) is 24.3 Å². The van der Waals surface area contributed by atoms with Crippen LogP contribution in [0.4, 0.5) is 0 Å². The average molecular weight is 292 g/mol. The van der Waals surface area contributed by atoms with Gasteiger partial charge in [0, 0.05) is 13.6 Å². The highest BCUT2D eigenvalue weighted by Gasteiger charge is 2.30. The molecule has 1 aromatic carbocycles. The molecule has 1 heterocycles. The van der Waals surface area contributed by atoms with Crippen LogP contribution in [0.3, 0.4) is 0 Å². The highest BCUT2D eigenvalue weighted by molar-refractivity contribution is 6.00. The van der Waals surface area contributed by atoms with E-state index in [1.165, 1.54) is 7.11 Å². The van der Waals surface area contributed by atoms with Crippen LogP contribution in [0.1, 0.15) is 10.4 Å². The lowest BCUT2D eigenvalue weighted by Crippen LogP contribution is -2.54. The van der Waals surface area contributed by atoms with Gasteiger partial charge in [-0.15, -0.1) is 0 Å². The van der Waals surface area contributed by atoms with Gasteiger partial charge in [0.15, 0.2) is 5.78 Å². The molecule has 1 fully saturated rings. The van der Waals surface area contributed by atoms with Gasteiger partial charge in [-0.3, -0.25) is 14.5 Å². The molecule has 0 radical (unpaired) electrons. The Morgan fingerprint density at radius 1 is 1.43 bits per heavy atom. The Balaban J connectivity index is 2.11. The van der Waals surface area contributed by atoms with Crippen LogP contribution in [0, 0.1) is 0 Å². The number of para-hydroxylation sites is 1. The van der Waals surface area contributed by atoms with E-state index >= 15 is 0 Å². The highest BCUT2D eigenvalue weighted by Crippen LogP contribution is 2.19. The second-order valence-electron chi connectivity index (χ2n) is 4.80. The van der Waals surface area contributed by atoms with Crippen LogP contribution < -0.4 is 10.1 Å². The number of nitrogens with zero attached hydrogens (tertiary/aromatic N) is 1. The molecule has 0 bridgehead atoms. The minimum absolute atomic E-state index is 0.0664. The van der Waals surface area contributed by atoms with Crippen molar-refractivity contribution in [3.63, 3.8) is 0 Å². The van der Waals surface area contributed by atoms with Gasteiger partial charge in [0.1, 0.15) is 11.8 Å². The Kier molecular flexibility index (Phi) is 5.30. The van der Waals surface area contributed by atoms with Gasteiger partial charge in [-0.25, -0.2) is 0 Å². The SMILES string of the molecule is CNC(=O)C1COCCN1CC(=O)c1ccccc1OC. The summed E-state index contributed by atoms with van der Waals surface area (Å²) in [6.07, 6.45) is 0. The Labute approximate surface area is 124 Å². The standard InChI is InChI=1S/C15H20N2O4/c1-16-15(19)12-10-21-8-7-17(12)9-13(18)11-5-3-4-6-14(11)20-2/h3-6,12H,7-10H2,1-2H3,(H,16,19). The van der Waals surface area contributed by atoms with E-state index in [0.29, 0.717) is 31.1 Å². The summed E-state index contributed by atoms with van der Waals surface area (Å²) < 4.78 is 10.5. The number of Topliss-reactive ketones (excluding diaryl/α,β-unsaturated/α-hetero) is 1. The number of hydrogen-bond acceptors (Lipinski definition) is 5. The molecule has 6 heteroatoms. The summed E-state index contributed by atoms with van der Waals surface area (Å²) in [5, 5.41) is 2.60. The maximum Gasteiger partial charge on any atom is 0.239 e. The van der Waals surface area contributed by atoms with Gasteiger partial charge in [-0.1, -0.05) is 12.1 Å². The van der Waals surface area contributed by atoms with E-state index < -0.39 is 6.04 Å². The Morgan fingerprint density at radius 2 is 2.19 bits per heavy atom. The Bertz CT molecular complexity index is 518. The fraction of sp³-hybridized carbons (Fsp3) is 0.467. The molecule has 114 valence electrons. The number of benzene rings is 1. The van der Waals surface area contributed by atoms with Crippen LogP contribution >= 0.6 is 0 Å². The lowest BCUT2D eigenvalue weighted by atomic mass is 10.1. The van der Waals surface area contributed by atoms with Crippen molar-refractivity contribution in [1.29, 1.82) is 0 Å². The van der Waals surface area contributed by atoms with Crippen molar-refractivity contribution in [1.82, 2.24) is 10.2 Å². The molecule has 1 aromatic rings. The number of likely N-dealkylation sites (N-methyl/N-ethyl adjacent to an activating group) is 1. The quantitative estimate of drug-likeness (QED) is 0.792. The summed E-state index contributed by atoms with van der Waals surface area (Å²) in [4.78, 5) is 26.1. The topological polar surface area (TPSA) is 67.9 Å². The van der Waals surface area contributed by atoms with Crippen LogP contribution in [-0.2, 0) is 9.53 Å². The molecule has 1 aliphatic heterocycles. The summed E-state index contributed by atoms with van der Waals surface area (Å²) in [7, 11) is 3.12. The summed E-state index contributed by atoms with van der Waals surface area (Å²) >= 11 is 0. The summed E-state index contributed by atoms with van der Waals surface area (Å²) in [6.45, 7) is 1.55. The largest absolute Gasteiger partial charge is 0.496 e. The predicted molar refractivity (Wildman–Crippen MR) is 77.6 cm³/mol. The molecular weight excluding hydrogens is 272 g/mol. The summed E-state index contributed by atoms with van der Waals surface area (Å²) in [6, 6.07) is 6.67. The van der Waals surface area contributed by atoms with E-state index in [2.05, 4.69) is 5.32 Å². The van der Waals surface area contributed by atoms with Crippen LogP contribution in [0.5, 0.6) is 5.75 Å². The molecule has 0 saturated carbocycles. The minimum atomic E-state index is -0.428. The van der Waals surface area contributed by atoms with E-state index in [-0.39, 0.29) is 18.2 Å². The molecule has 1 aliphatic rings. The molecule has 1 atom stereocenters. The molecule has 1 N–H and O–H groups in total. The fourth-order valence-corrected chi connectivity index (χ4v) is 2.38. The van der Waals surface area contributed by atoms with Crippen molar-refractivity contribution in [3.05, 3.63) is 29.8 Å². The molecule has 6 nitrogen and oxygen atoms in total. The van der Waals surface area contributed by atoms with Gasteiger partial charge in [0.2, 0.25) is 5.91 Å². The minimum Gasteiger partial charge on any atom is -0.496 e. The van der Waals surface area contributed by atoms with Crippen molar-refractivity contribution in [2.75, 3.05) is 40.5 Å². The number of rotatable bonds is 5. The van der Waals surface area contributed by atoms with Gasteiger partial charge in [-0.05, 0) is 12.1 Å². The average Bonchev–Trinajstić information content (AvgIpc) is 2.54. The van der Waals surface area contributed by atoms with Crippen molar-refractivity contribution < 1.29 is 19.1 Å². The highest BCUT2D eigenvalue weighted by atomic mass is 16.5. The molecule has 0 aromatic heterocycles. The van der Waals surface area contributed by atoms with Gasteiger partial charge in [-0.2, -0.15) is 0 Å². The zero-order valence-electron chi connectivity index (χ0n) is 12.3. The summed E-state index contributed by atoms with van der Waals surface area (Å²) in [5.74, 6) is 0.345. The number of hydrogen-bond donors (Lipinski definition) is 1. The van der Waals surface area contributed by atoms with Crippen LogP contribution in [-0.4, -0.2) is 63.1 Å². The molecule has 1 amide bonds. The number of nitrogens with one attached hydrogen (secondary N) is 1. The lowest BCUT2D eigenvalue weighted by Gasteiger charge is -2.33. The van der Waals surface area contributed by atoms with Crippen molar-refractivity contribution in [2.45, 2.75) is 6.04 Å². The Hall–Kier alpha value is -1.92. The zero-order chi connectivity index (χ0) is 15.2. The third-order valence-electron chi connectivity index (χ3n) is 3.54. The number of ketones is 1. The van der Waals surface area contributed by atoms with E-state index in [9.17, 15) is 9.59 Å². The number of morpholine rings is 1. The van der Waals surface area contributed by atoms with Crippen molar-refractivity contribution in [2.24, 2.45) is 0 Å². The maximum atomic E-state index is 12.5. The monoisotopic (exact) mass is 292 g/mol. The molecule has 0 spiro atoms. The molecule has 2 rings (SSSR count). The first-order chi connectivity index (χ1) is 10.2. The summed E-state index contributed by atoms with van der Waals surface area (Å²) in [5.41, 5.74) is 0.530. The van der Waals surface area contributed by atoms with Gasteiger partial charge >= 0.3 is 0 Å². The van der Waals surface area contributed by atoms with E-state index in [0.717, 1.165) is 0 Å². The first-order valence-corrected chi connectivity index (χ1v) is 6.87. The third kappa shape index (κ3) is 3.59. The van der Waals surface area contributed by atoms with E-state index in [1.54, 1.807) is 25.2 Å².